The average molecular weight is 381 g/mol. The molecule has 0 aliphatic carbocycles. The molecule has 3 aromatic rings. The Morgan fingerprint density at radius 1 is 1.32 bits per heavy atom. The van der Waals surface area contributed by atoms with Crippen LogP contribution in [0.5, 0.6) is 0 Å². The first-order chi connectivity index (χ1) is 13.7. The van der Waals surface area contributed by atoms with Gasteiger partial charge in [0.15, 0.2) is 11.9 Å². The van der Waals surface area contributed by atoms with Crippen LogP contribution in [0.3, 0.4) is 0 Å². The maximum Gasteiger partial charge on any atom is 0.251 e. The maximum atomic E-state index is 12.6. The molecule has 3 heterocycles. The Labute approximate surface area is 162 Å². The lowest BCUT2D eigenvalue weighted by Gasteiger charge is -2.32. The standard InChI is InChI=1S/C19H23N7O2/c1-2-7-26-13-22-24-18(26)11-21-19(27)16-12-25(8-9-28-16)17-10-20-14-5-3-4-6-15(14)23-17/h3-6,10,13,16H,2,7-9,11-12H2,1H3,(H,21,27)/t16-/m1/s1. The molecule has 1 amide bonds. The number of aromatic nitrogens is 5. The monoisotopic (exact) mass is 381 g/mol. The van der Waals surface area contributed by atoms with Gasteiger partial charge in [0.2, 0.25) is 0 Å². The fraction of sp³-hybridized carbons (Fsp3) is 0.421. The zero-order valence-corrected chi connectivity index (χ0v) is 15.8. The summed E-state index contributed by atoms with van der Waals surface area (Å²) in [6.07, 6.45) is 3.84. The summed E-state index contributed by atoms with van der Waals surface area (Å²) in [6.45, 7) is 4.80. The number of fused-ring (bicyclic) bond motifs is 1. The molecule has 9 nitrogen and oxygen atoms in total. The Morgan fingerprint density at radius 2 is 2.18 bits per heavy atom. The van der Waals surface area contributed by atoms with Gasteiger partial charge in [0.1, 0.15) is 12.1 Å². The highest BCUT2D eigenvalue weighted by atomic mass is 16.5. The molecule has 146 valence electrons. The Morgan fingerprint density at radius 3 is 3.04 bits per heavy atom. The fourth-order valence-electron chi connectivity index (χ4n) is 3.24. The molecule has 1 saturated heterocycles. The second-order valence-corrected chi connectivity index (χ2v) is 6.68. The largest absolute Gasteiger partial charge is 0.365 e. The number of aryl methyl sites for hydroxylation is 1. The van der Waals surface area contributed by atoms with E-state index >= 15 is 0 Å². The number of hydrogen-bond acceptors (Lipinski definition) is 7. The topological polar surface area (TPSA) is 98.1 Å². The number of rotatable bonds is 6. The molecule has 1 fully saturated rings. The number of anilines is 1. The third kappa shape index (κ3) is 3.94. The van der Waals surface area contributed by atoms with Crippen LogP contribution in [0.2, 0.25) is 0 Å². The van der Waals surface area contributed by atoms with Gasteiger partial charge in [-0.2, -0.15) is 0 Å². The summed E-state index contributed by atoms with van der Waals surface area (Å²) in [5.41, 5.74) is 1.69. The molecule has 0 unspecified atom stereocenters. The third-order valence-corrected chi connectivity index (χ3v) is 4.70. The first kappa shape index (κ1) is 18.3. The molecule has 4 rings (SSSR count). The minimum absolute atomic E-state index is 0.163. The summed E-state index contributed by atoms with van der Waals surface area (Å²) in [5.74, 6) is 1.33. The molecule has 0 saturated carbocycles. The van der Waals surface area contributed by atoms with Crippen LogP contribution in [0.25, 0.3) is 11.0 Å². The molecule has 0 radical (unpaired) electrons. The summed E-state index contributed by atoms with van der Waals surface area (Å²) < 4.78 is 7.63. The van der Waals surface area contributed by atoms with Crippen molar-refractivity contribution in [1.29, 1.82) is 0 Å². The van der Waals surface area contributed by atoms with Crippen molar-refractivity contribution in [3.8, 4) is 0 Å². The number of benzene rings is 1. The third-order valence-electron chi connectivity index (χ3n) is 4.70. The van der Waals surface area contributed by atoms with Gasteiger partial charge in [0, 0.05) is 13.1 Å². The highest BCUT2D eigenvalue weighted by Gasteiger charge is 2.27. The first-order valence-corrected chi connectivity index (χ1v) is 9.47. The van der Waals surface area contributed by atoms with Crippen molar-refractivity contribution in [3.05, 3.63) is 42.6 Å². The lowest BCUT2D eigenvalue weighted by atomic mass is 10.2. The summed E-state index contributed by atoms with van der Waals surface area (Å²) in [4.78, 5) is 23.8. The quantitative estimate of drug-likeness (QED) is 0.684. The normalized spacial score (nSPS) is 17.0. The predicted octanol–water partition coefficient (Wildman–Crippen LogP) is 1.15. The van der Waals surface area contributed by atoms with Crippen LogP contribution in [0.1, 0.15) is 19.2 Å². The van der Waals surface area contributed by atoms with Gasteiger partial charge in [-0.3, -0.25) is 9.78 Å². The Kier molecular flexibility index (Phi) is 5.43. The fourth-order valence-corrected chi connectivity index (χ4v) is 3.24. The van der Waals surface area contributed by atoms with Gasteiger partial charge in [0.05, 0.1) is 36.9 Å². The number of nitrogens with one attached hydrogen (secondary N) is 1. The van der Waals surface area contributed by atoms with Crippen LogP contribution in [0.15, 0.2) is 36.8 Å². The number of carbonyl (C=O) groups is 1. The number of nitrogens with zero attached hydrogens (tertiary/aromatic N) is 6. The van der Waals surface area contributed by atoms with Crippen LogP contribution >= 0.6 is 0 Å². The van der Waals surface area contributed by atoms with Gasteiger partial charge in [-0.25, -0.2) is 4.98 Å². The van der Waals surface area contributed by atoms with E-state index in [9.17, 15) is 4.79 Å². The molecule has 0 spiro atoms. The molecule has 0 bridgehead atoms. The number of morpholine rings is 1. The SMILES string of the molecule is CCCn1cnnc1CNC(=O)[C@H]1CN(c2cnc3ccccc3n2)CCO1. The van der Waals surface area contributed by atoms with Crippen LogP contribution in [0, 0.1) is 0 Å². The summed E-state index contributed by atoms with van der Waals surface area (Å²) in [5, 5.41) is 10.9. The first-order valence-electron chi connectivity index (χ1n) is 9.47. The van der Waals surface area contributed by atoms with Crippen molar-refractivity contribution >= 4 is 22.8 Å². The zero-order chi connectivity index (χ0) is 19.3. The predicted molar refractivity (Wildman–Crippen MR) is 104 cm³/mol. The molecular weight excluding hydrogens is 358 g/mol. The Balaban J connectivity index is 1.39. The van der Waals surface area contributed by atoms with E-state index < -0.39 is 6.10 Å². The van der Waals surface area contributed by atoms with Gasteiger partial charge >= 0.3 is 0 Å². The van der Waals surface area contributed by atoms with E-state index in [1.165, 1.54) is 0 Å². The van der Waals surface area contributed by atoms with Crippen molar-refractivity contribution in [2.24, 2.45) is 0 Å². The minimum atomic E-state index is -0.565. The molecule has 1 aliphatic heterocycles. The van der Waals surface area contributed by atoms with Crippen LogP contribution in [-0.2, 0) is 22.6 Å². The summed E-state index contributed by atoms with van der Waals surface area (Å²) >= 11 is 0. The molecule has 1 atom stereocenters. The van der Waals surface area contributed by atoms with E-state index in [1.807, 2.05) is 33.7 Å². The van der Waals surface area contributed by atoms with Crippen molar-refractivity contribution in [2.45, 2.75) is 32.5 Å². The van der Waals surface area contributed by atoms with E-state index in [4.69, 9.17) is 4.74 Å². The highest BCUT2D eigenvalue weighted by molar-refractivity contribution is 5.82. The highest BCUT2D eigenvalue weighted by Crippen LogP contribution is 2.18. The van der Waals surface area contributed by atoms with Gasteiger partial charge in [-0.15, -0.1) is 10.2 Å². The second kappa shape index (κ2) is 8.30. The van der Waals surface area contributed by atoms with Gasteiger partial charge < -0.3 is 19.5 Å². The molecule has 1 N–H and O–H groups in total. The molecule has 1 aliphatic rings. The number of para-hydroxylation sites is 2. The Hall–Kier alpha value is -3.07. The van der Waals surface area contributed by atoms with E-state index in [1.54, 1.807) is 12.5 Å². The van der Waals surface area contributed by atoms with E-state index in [-0.39, 0.29) is 5.91 Å². The van der Waals surface area contributed by atoms with Crippen molar-refractivity contribution in [3.63, 3.8) is 0 Å². The number of ether oxygens (including phenoxy) is 1. The zero-order valence-electron chi connectivity index (χ0n) is 15.8. The van der Waals surface area contributed by atoms with Gasteiger partial charge in [0.25, 0.3) is 5.91 Å². The van der Waals surface area contributed by atoms with Gasteiger partial charge in [-0.1, -0.05) is 19.1 Å². The average Bonchev–Trinajstić information content (AvgIpc) is 3.19. The Bertz CT molecular complexity index is 958. The van der Waals surface area contributed by atoms with E-state index in [0.717, 1.165) is 35.6 Å². The molecule has 28 heavy (non-hydrogen) atoms. The van der Waals surface area contributed by atoms with Gasteiger partial charge in [-0.05, 0) is 18.6 Å². The van der Waals surface area contributed by atoms with Crippen molar-refractivity contribution < 1.29 is 9.53 Å². The smallest absolute Gasteiger partial charge is 0.251 e. The summed E-state index contributed by atoms with van der Waals surface area (Å²) in [6, 6.07) is 7.74. The maximum absolute atomic E-state index is 12.6. The molecule has 9 heteroatoms. The van der Waals surface area contributed by atoms with Crippen molar-refractivity contribution in [1.82, 2.24) is 30.0 Å². The van der Waals surface area contributed by atoms with E-state index in [2.05, 4.69) is 32.4 Å². The minimum Gasteiger partial charge on any atom is -0.365 e. The number of amides is 1. The van der Waals surface area contributed by atoms with Crippen LogP contribution in [-0.4, -0.2) is 56.4 Å². The molecule has 2 aromatic heterocycles. The molecule has 1 aromatic carbocycles. The van der Waals surface area contributed by atoms with Crippen molar-refractivity contribution in [2.75, 3.05) is 24.6 Å². The molecular formula is C19H23N7O2. The second-order valence-electron chi connectivity index (χ2n) is 6.68. The van der Waals surface area contributed by atoms with Crippen LogP contribution in [0.4, 0.5) is 5.82 Å². The van der Waals surface area contributed by atoms with E-state index in [0.29, 0.717) is 26.2 Å². The number of carbonyl (C=O) groups excluding carboxylic acids is 1. The van der Waals surface area contributed by atoms with Crippen LogP contribution < -0.4 is 10.2 Å². The lowest BCUT2D eigenvalue weighted by Crippen LogP contribution is -2.50. The lowest BCUT2D eigenvalue weighted by molar-refractivity contribution is -0.133. The number of hydrogen-bond donors (Lipinski definition) is 1. The summed E-state index contributed by atoms with van der Waals surface area (Å²) in [7, 11) is 0.